The van der Waals surface area contributed by atoms with Crippen LogP contribution in [0.1, 0.15) is 18.1 Å². The minimum absolute atomic E-state index is 0.162. The van der Waals surface area contributed by atoms with Crippen molar-refractivity contribution in [3.05, 3.63) is 69.8 Å². The Balaban J connectivity index is 2.08. The lowest BCUT2D eigenvalue weighted by Crippen LogP contribution is -2.37. The molecule has 0 aliphatic heterocycles. The zero-order valence-corrected chi connectivity index (χ0v) is 13.7. The van der Waals surface area contributed by atoms with Crippen LogP contribution in [0.5, 0.6) is 0 Å². The van der Waals surface area contributed by atoms with Gasteiger partial charge in [-0.1, -0.05) is 30.3 Å². The third-order valence-corrected chi connectivity index (χ3v) is 3.60. The van der Waals surface area contributed by atoms with E-state index in [0.717, 1.165) is 17.7 Å². The first kappa shape index (κ1) is 19.2. The fourth-order valence-corrected chi connectivity index (χ4v) is 2.22. The SMILES string of the molecule is CC(Nc1ccc(C(F)(F)F)cc1[N+](=O)[O-])C(=O)NCc1ccccc1. The summed E-state index contributed by atoms with van der Waals surface area (Å²) in [6, 6.07) is 10.3. The second kappa shape index (κ2) is 7.85. The molecule has 0 heterocycles. The number of alkyl halides is 3. The molecule has 26 heavy (non-hydrogen) atoms. The first-order valence-electron chi connectivity index (χ1n) is 7.62. The maximum Gasteiger partial charge on any atom is 0.416 e. The number of hydrogen-bond acceptors (Lipinski definition) is 4. The standard InChI is InChI=1S/C17H16F3N3O3/c1-11(16(24)21-10-12-5-3-2-4-6-12)22-14-8-7-13(17(18,19)20)9-15(14)23(25)26/h2-9,11,22H,10H2,1H3,(H,21,24). The Bertz CT molecular complexity index is 795. The Kier molecular flexibility index (Phi) is 5.81. The van der Waals surface area contributed by atoms with Gasteiger partial charge in [0, 0.05) is 12.6 Å². The maximum absolute atomic E-state index is 12.7. The van der Waals surface area contributed by atoms with Gasteiger partial charge in [-0.3, -0.25) is 14.9 Å². The molecule has 1 unspecified atom stereocenters. The predicted molar refractivity (Wildman–Crippen MR) is 89.5 cm³/mol. The van der Waals surface area contributed by atoms with Gasteiger partial charge in [-0.25, -0.2) is 0 Å². The number of amides is 1. The predicted octanol–water partition coefficient (Wildman–Crippen LogP) is 3.73. The molecule has 1 amide bonds. The van der Waals surface area contributed by atoms with E-state index in [9.17, 15) is 28.1 Å². The van der Waals surface area contributed by atoms with Crippen LogP contribution in [0.2, 0.25) is 0 Å². The molecule has 1 atom stereocenters. The molecule has 0 fully saturated rings. The van der Waals surface area contributed by atoms with E-state index in [1.54, 1.807) is 0 Å². The largest absolute Gasteiger partial charge is 0.416 e. The smallest absolute Gasteiger partial charge is 0.368 e. The van der Waals surface area contributed by atoms with Crippen LogP contribution >= 0.6 is 0 Å². The Labute approximate surface area is 147 Å². The Hall–Kier alpha value is -3.10. The molecule has 2 rings (SSSR count). The summed E-state index contributed by atoms with van der Waals surface area (Å²) in [5.74, 6) is -0.442. The number of nitrogens with one attached hydrogen (secondary N) is 2. The van der Waals surface area contributed by atoms with E-state index >= 15 is 0 Å². The molecule has 0 bridgehead atoms. The molecule has 0 saturated carbocycles. The van der Waals surface area contributed by atoms with E-state index in [2.05, 4.69) is 10.6 Å². The van der Waals surface area contributed by atoms with E-state index < -0.39 is 34.3 Å². The lowest BCUT2D eigenvalue weighted by Gasteiger charge is -2.16. The Morgan fingerprint density at radius 3 is 2.42 bits per heavy atom. The molecule has 0 aliphatic carbocycles. The molecular weight excluding hydrogens is 351 g/mol. The summed E-state index contributed by atoms with van der Waals surface area (Å²) in [7, 11) is 0. The first-order valence-corrected chi connectivity index (χ1v) is 7.62. The van der Waals surface area contributed by atoms with E-state index in [4.69, 9.17) is 0 Å². The van der Waals surface area contributed by atoms with E-state index in [0.29, 0.717) is 6.07 Å². The molecule has 2 aromatic carbocycles. The van der Waals surface area contributed by atoms with Crippen LogP contribution in [0.15, 0.2) is 48.5 Å². The fourth-order valence-electron chi connectivity index (χ4n) is 2.22. The summed E-state index contributed by atoms with van der Waals surface area (Å²) in [4.78, 5) is 22.2. The summed E-state index contributed by atoms with van der Waals surface area (Å²) in [6.07, 6.45) is -4.69. The number of nitro benzene ring substituents is 1. The molecule has 6 nitrogen and oxygen atoms in total. The van der Waals surface area contributed by atoms with E-state index in [1.807, 2.05) is 30.3 Å². The molecule has 0 radical (unpaired) electrons. The third-order valence-electron chi connectivity index (χ3n) is 3.60. The van der Waals surface area contributed by atoms with Crippen molar-refractivity contribution in [1.29, 1.82) is 0 Å². The van der Waals surface area contributed by atoms with Crippen molar-refractivity contribution < 1.29 is 22.9 Å². The molecule has 2 aromatic rings. The lowest BCUT2D eigenvalue weighted by atomic mass is 10.1. The van der Waals surface area contributed by atoms with Gasteiger partial charge >= 0.3 is 6.18 Å². The highest BCUT2D eigenvalue weighted by Crippen LogP contribution is 2.35. The number of carbonyl (C=O) groups is 1. The van der Waals surface area contributed by atoms with Crippen LogP contribution in [0.25, 0.3) is 0 Å². The minimum Gasteiger partial charge on any atom is -0.368 e. The quantitative estimate of drug-likeness (QED) is 0.602. The van der Waals surface area contributed by atoms with Gasteiger partial charge in [0.05, 0.1) is 10.5 Å². The van der Waals surface area contributed by atoms with Gasteiger partial charge in [-0.2, -0.15) is 13.2 Å². The molecule has 0 aliphatic rings. The topological polar surface area (TPSA) is 84.3 Å². The van der Waals surface area contributed by atoms with Crippen LogP contribution in [0.4, 0.5) is 24.5 Å². The number of halogens is 3. The van der Waals surface area contributed by atoms with Gasteiger partial charge in [0.1, 0.15) is 11.7 Å². The molecule has 9 heteroatoms. The summed E-state index contributed by atoms with van der Waals surface area (Å²) in [5.41, 5.74) is -1.17. The highest BCUT2D eigenvalue weighted by atomic mass is 19.4. The summed E-state index contributed by atoms with van der Waals surface area (Å²) in [5, 5.41) is 16.3. The first-order chi connectivity index (χ1) is 12.2. The van der Waals surface area contributed by atoms with Gasteiger partial charge in [0.25, 0.3) is 5.69 Å². The van der Waals surface area contributed by atoms with Gasteiger partial charge in [0.15, 0.2) is 0 Å². The summed E-state index contributed by atoms with van der Waals surface area (Å²) >= 11 is 0. The van der Waals surface area contributed by atoms with Crippen LogP contribution in [-0.4, -0.2) is 16.9 Å². The number of nitrogens with zero attached hydrogens (tertiary/aromatic N) is 1. The van der Waals surface area contributed by atoms with Crippen LogP contribution in [0.3, 0.4) is 0 Å². The van der Waals surface area contributed by atoms with Crippen molar-refractivity contribution >= 4 is 17.3 Å². The lowest BCUT2D eigenvalue weighted by molar-refractivity contribution is -0.384. The molecule has 0 saturated heterocycles. The molecule has 0 aromatic heterocycles. The maximum atomic E-state index is 12.7. The van der Waals surface area contributed by atoms with Crippen molar-refractivity contribution in [2.75, 3.05) is 5.32 Å². The van der Waals surface area contributed by atoms with Crippen LogP contribution in [0, 0.1) is 10.1 Å². The van der Waals surface area contributed by atoms with Gasteiger partial charge in [0.2, 0.25) is 5.91 Å². The molecule has 2 N–H and O–H groups in total. The van der Waals surface area contributed by atoms with Crippen molar-refractivity contribution in [1.82, 2.24) is 5.32 Å². The van der Waals surface area contributed by atoms with E-state index in [-0.39, 0.29) is 12.2 Å². The highest BCUT2D eigenvalue weighted by Gasteiger charge is 2.33. The van der Waals surface area contributed by atoms with Crippen LogP contribution < -0.4 is 10.6 Å². The van der Waals surface area contributed by atoms with E-state index in [1.165, 1.54) is 6.92 Å². The van der Waals surface area contributed by atoms with Crippen molar-refractivity contribution in [3.8, 4) is 0 Å². The van der Waals surface area contributed by atoms with Crippen molar-refractivity contribution in [3.63, 3.8) is 0 Å². The summed E-state index contributed by atoms with van der Waals surface area (Å²) < 4.78 is 38.1. The fraction of sp³-hybridized carbons (Fsp3) is 0.235. The zero-order valence-electron chi connectivity index (χ0n) is 13.7. The molecule has 0 spiro atoms. The number of anilines is 1. The molecule has 138 valence electrons. The number of nitro groups is 1. The Morgan fingerprint density at radius 1 is 1.19 bits per heavy atom. The highest BCUT2D eigenvalue weighted by molar-refractivity contribution is 5.85. The van der Waals surface area contributed by atoms with Gasteiger partial charge in [-0.15, -0.1) is 0 Å². The number of benzene rings is 2. The van der Waals surface area contributed by atoms with Gasteiger partial charge < -0.3 is 10.6 Å². The zero-order chi connectivity index (χ0) is 19.3. The van der Waals surface area contributed by atoms with Crippen LogP contribution in [-0.2, 0) is 17.5 Å². The van der Waals surface area contributed by atoms with Gasteiger partial charge in [-0.05, 0) is 24.6 Å². The summed E-state index contributed by atoms with van der Waals surface area (Å²) in [6.45, 7) is 1.72. The second-order valence-electron chi connectivity index (χ2n) is 5.56. The molecular formula is C17H16F3N3O3. The number of hydrogen-bond donors (Lipinski definition) is 2. The average Bonchev–Trinajstić information content (AvgIpc) is 2.59. The number of rotatable bonds is 6. The van der Waals surface area contributed by atoms with Crippen molar-refractivity contribution in [2.24, 2.45) is 0 Å². The average molecular weight is 367 g/mol. The monoisotopic (exact) mass is 367 g/mol. The van der Waals surface area contributed by atoms with Crippen molar-refractivity contribution in [2.45, 2.75) is 25.7 Å². The minimum atomic E-state index is -4.69. The second-order valence-corrected chi connectivity index (χ2v) is 5.56. The number of carbonyl (C=O) groups excluding carboxylic acids is 1. The third kappa shape index (κ3) is 4.95. The normalized spacial score (nSPS) is 12.3. The Morgan fingerprint density at radius 2 is 1.85 bits per heavy atom.